The number of aromatic amines is 1. The minimum Gasteiger partial charge on any atom is -0.494 e. The van der Waals surface area contributed by atoms with E-state index >= 15 is 0 Å². The third-order valence-corrected chi connectivity index (χ3v) is 5.92. The van der Waals surface area contributed by atoms with Crippen molar-refractivity contribution in [3.63, 3.8) is 0 Å². The molecule has 0 aliphatic rings. The van der Waals surface area contributed by atoms with Crippen LogP contribution in [-0.2, 0) is 11.2 Å². The Balaban J connectivity index is 1.44. The topological polar surface area (TPSA) is 101 Å². The molecule has 4 aromatic rings. The molecule has 0 aliphatic carbocycles. The molecule has 33 heavy (non-hydrogen) atoms. The third-order valence-electron chi connectivity index (χ3n) is 4.73. The number of thioether (sulfide) groups is 1. The highest BCUT2D eigenvalue weighted by atomic mass is 35.5. The van der Waals surface area contributed by atoms with E-state index in [0.717, 1.165) is 16.9 Å². The minimum atomic E-state index is -0.289. The van der Waals surface area contributed by atoms with Crippen molar-refractivity contribution in [3.05, 3.63) is 75.5 Å². The van der Waals surface area contributed by atoms with Gasteiger partial charge in [-0.2, -0.15) is 0 Å². The number of hydrogen-bond donors (Lipinski definition) is 2. The minimum absolute atomic E-state index is 0.127. The molecule has 2 N–H and O–H groups in total. The summed E-state index contributed by atoms with van der Waals surface area (Å²) in [4.78, 5) is 33.3. The van der Waals surface area contributed by atoms with E-state index in [1.165, 1.54) is 22.3 Å². The molecule has 0 fully saturated rings. The number of carbonyl (C=O) groups is 1. The van der Waals surface area contributed by atoms with Gasteiger partial charge in [0.25, 0.3) is 5.56 Å². The van der Waals surface area contributed by atoms with E-state index in [1.54, 1.807) is 0 Å². The molecule has 0 aliphatic heterocycles. The summed E-state index contributed by atoms with van der Waals surface area (Å²) in [6, 6.07) is 16.3. The van der Waals surface area contributed by atoms with Gasteiger partial charge in [-0.1, -0.05) is 35.5 Å². The molecule has 0 atom stereocenters. The van der Waals surface area contributed by atoms with Crippen LogP contribution in [0.1, 0.15) is 12.5 Å². The highest BCUT2D eigenvalue weighted by Crippen LogP contribution is 2.23. The average Bonchev–Trinajstić information content (AvgIpc) is 3.20. The fourth-order valence-electron chi connectivity index (χ4n) is 3.16. The van der Waals surface area contributed by atoms with Crippen molar-refractivity contribution in [1.82, 2.24) is 24.9 Å². The summed E-state index contributed by atoms with van der Waals surface area (Å²) in [6.07, 6.45) is 0.706. The zero-order valence-electron chi connectivity index (χ0n) is 17.9. The lowest BCUT2D eigenvalue weighted by molar-refractivity contribution is -0.118. The first-order valence-electron chi connectivity index (χ1n) is 10.4. The number of fused-ring (bicyclic) bond motifs is 1. The van der Waals surface area contributed by atoms with Gasteiger partial charge in [-0.05, 0) is 55.3 Å². The highest BCUT2D eigenvalue weighted by molar-refractivity contribution is 7.99. The Morgan fingerprint density at radius 1 is 1.15 bits per heavy atom. The molecule has 0 saturated heterocycles. The van der Waals surface area contributed by atoms with Crippen LogP contribution in [0.3, 0.4) is 0 Å². The van der Waals surface area contributed by atoms with Crippen molar-refractivity contribution in [3.8, 4) is 17.1 Å². The summed E-state index contributed by atoms with van der Waals surface area (Å²) < 4.78 is 6.97. The Kier molecular flexibility index (Phi) is 7.31. The number of halogens is 1. The number of rotatable bonds is 9. The molecule has 10 heteroatoms. The fraction of sp³-hybridized carbons (Fsp3) is 0.217. The summed E-state index contributed by atoms with van der Waals surface area (Å²) in [5.74, 6) is 1.24. The van der Waals surface area contributed by atoms with Crippen LogP contribution in [-0.4, -0.2) is 44.4 Å². The first-order chi connectivity index (χ1) is 16.0. The van der Waals surface area contributed by atoms with E-state index in [9.17, 15) is 9.59 Å². The van der Waals surface area contributed by atoms with Crippen molar-refractivity contribution in [2.24, 2.45) is 0 Å². The predicted octanol–water partition coefficient (Wildman–Crippen LogP) is 3.59. The van der Waals surface area contributed by atoms with Gasteiger partial charge in [0.15, 0.2) is 16.6 Å². The Bertz CT molecular complexity index is 1300. The monoisotopic (exact) mass is 483 g/mol. The lowest BCUT2D eigenvalue weighted by Crippen LogP contribution is -2.27. The number of nitrogens with one attached hydrogen (secondary N) is 2. The number of carbonyl (C=O) groups excluding carboxylic acids is 1. The quantitative estimate of drug-likeness (QED) is 0.353. The number of nitrogens with zero attached hydrogens (tertiary/aromatic N) is 3. The maximum atomic E-state index is 12.4. The van der Waals surface area contributed by atoms with E-state index in [1.807, 2.05) is 55.5 Å². The Morgan fingerprint density at radius 3 is 2.64 bits per heavy atom. The van der Waals surface area contributed by atoms with Gasteiger partial charge in [0.1, 0.15) is 5.75 Å². The normalized spacial score (nSPS) is 11.0. The second-order valence-corrected chi connectivity index (χ2v) is 8.50. The van der Waals surface area contributed by atoms with Gasteiger partial charge in [0.2, 0.25) is 5.91 Å². The summed E-state index contributed by atoms with van der Waals surface area (Å²) in [5, 5.41) is 6.73. The fourth-order valence-corrected chi connectivity index (χ4v) is 4.06. The van der Waals surface area contributed by atoms with Crippen LogP contribution in [0.4, 0.5) is 0 Å². The average molecular weight is 484 g/mol. The Hall–Kier alpha value is -3.30. The van der Waals surface area contributed by atoms with Crippen LogP contribution in [0.5, 0.6) is 5.75 Å². The summed E-state index contributed by atoms with van der Waals surface area (Å²) in [7, 11) is 0. The van der Waals surface area contributed by atoms with Gasteiger partial charge < -0.3 is 10.1 Å². The van der Waals surface area contributed by atoms with Crippen molar-refractivity contribution < 1.29 is 9.53 Å². The number of benzene rings is 2. The molecule has 0 unspecified atom stereocenters. The van der Waals surface area contributed by atoms with Crippen LogP contribution in [0.2, 0.25) is 5.02 Å². The smallest absolute Gasteiger partial charge is 0.266 e. The summed E-state index contributed by atoms with van der Waals surface area (Å²) in [5.41, 5.74) is 2.02. The molecule has 2 heterocycles. The third kappa shape index (κ3) is 5.94. The first kappa shape index (κ1) is 22.9. The Labute approximate surface area is 199 Å². The molecule has 0 radical (unpaired) electrons. The zero-order chi connectivity index (χ0) is 23.2. The van der Waals surface area contributed by atoms with Gasteiger partial charge in [-0.25, -0.2) is 14.5 Å². The van der Waals surface area contributed by atoms with E-state index in [-0.39, 0.29) is 17.2 Å². The largest absolute Gasteiger partial charge is 0.494 e. The lowest BCUT2D eigenvalue weighted by atomic mass is 10.1. The number of hydrogen-bond acceptors (Lipinski definition) is 6. The number of aromatic nitrogens is 4. The molecule has 0 spiro atoms. The molecule has 4 rings (SSSR count). The molecular weight excluding hydrogens is 462 g/mol. The maximum absolute atomic E-state index is 12.4. The van der Waals surface area contributed by atoms with E-state index in [0.29, 0.717) is 41.2 Å². The molecule has 2 aromatic carbocycles. The van der Waals surface area contributed by atoms with Crippen molar-refractivity contribution >= 4 is 34.9 Å². The molecule has 1 amide bonds. The second kappa shape index (κ2) is 10.5. The maximum Gasteiger partial charge on any atom is 0.266 e. The van der Waals surface area contributed by atoms with Crippen LogP contribution in [0, 0.1) is 0 Å². The van der Waals surface area contributed by atoms with Gasteiger partial charge in [-0.15, -0.1) is 0 Å². The molecule has 170 valence electrons. The number of H-pyrrole nitrogens is 1. The molecule has 2 aromatic heterocycles. The van der Waals surface area contributed by atoms with E-state index in [2.05, 4.69) is 20.4 Å². The standard InChI is InChI=1S/C23H22ClN5O3S/c1-2-32-18-9-5-16(6-10-18)22-26-19-13-20(30)28-29(19)23(27-22)33-14-21(31)25-12-11-15-3-7-17(24)8-4-15/h3-10,13H,2,11-12,14H2,1H3,(H,25,31)(H,28,30). The number of amides is 1. The Morgan fingerprint density at radius 2 is 1.91 bits per heavy atom. The molecule has 0 bridgehead atoms. The van der Waals surface area contributed by atoms with Gasteiger partial charge in [0, 0.05) is 23.2 Å². The van der Waals surface area contributed by atoms with Gasteiger partial charge in [0.05, 0.1) is 12.4 Å². The van der Waals surface area contributed by atoms with Crippen LogP contribution >= 0.6 is 23.4 Å². The van der Waals surface area contributed by atoms with Crippen molar-refractivity contribution in [1.29, 1.82) is 0 Å². The van der Waals surface area contributed by atoms with E-state index in [4.69, 9.17) is 16.3 Å². The van der Waals surface area contributed by atoms with E-state index < -0.39 is 0 Å². The SMILES string of the molecule is CCOc1ccc(-c2nc(SCC(=O)NCCc3ccc(Cl)cc3)n3[nH]c(=O)cc3n2)cc1. The molecule has 8 nitrogen and oxygen atoms in total. The first-order valence-corrected chi connectivity index (χ1v) is 11.7. The van der Waals surface area contributed by atoms with Crippen molar-refractivity contribution in [2.75, 3.05) is 18.9 Å². The summed E-state index contributed by atoms with van der Waals surface area (Å²) in [6.45, 7) is 3.01. The lowest BCUT2D eigenvalue weighted by Gasteiger charge is -2.09. The van der Waals surface area contributed by atoms with Gasteiger partial charge in [-0.3, -0.25) is 14.7 Å². The molecule has 0 saturated carbocycles. The predicted molar refractivity (Wildman–Crippen MR) is 129 cm³/mol. The highest BCUT2D eigenvalue weighted by Gasteiger charge is 2.13. The van der Waals surface area contributed by atoms with Crippen molar-refractivity contribution in [2.45, 2.75) is 18.5 Å². The zero-order valence-corrected chi connectivity index (χ0v) is 19.4. The van der Waals surface area contributed by atoms with Crippen LogP contribution in [0.15, 0.2) is 64.5 Å². The molecular formula is C23H22ClN5O3S. The summed E-state index contributed by atoms with van der Waals surface area (Å²) >= 11 is 7.12. The number of ether oxygens (including phenoxy) is 1. The van der Waals surface area contributed by atoms with Crippen LogP contribution in [0.25, 0.3) is 17.0 Å². The van der Waals surface area contributed by atoms with Gasteiger partial charge >= 0.3 is 0 Å². The second-order valence-electron chi connectivity index (χ2n) is 7.12. The van der Waals surface area contributed by atoms with Crippen LogP contribution < -0.4 is 15.6 Å².